The number of allylic oxidation sites excluding steroid dienone is 1. The van der Waals surface area contributed by atoms with Crippen molar-refractivity contribution in [1.82, 2.24) is 0 Å². The highest BCUT2D eigenvalue weighted by atomic mass is 31.2. The summed E-state index contributed by atoms with van der Waals surface area (Å²) in [4.78, 5) is 21.6. The molecule has 0 fully saturated rings. The van der Waals surface area contributed by atoms with Gasteiger partial charge in [-0.2, -0.15) is 0 Å². The van der Waals surface area contributed by atoms with Crippen LogP contribution in [0.5, 0.6) is 0 Å². The molecule has 0 aromatic heterocycles. The van der Waals surface area contributed by atoms with Crippen molar-refractivity contribution < 1.29 is 28.0 Å². The molecule has 0 unspecified atom stereocenters. The van der Waals surface area contributed by atoms with Gasteiger partial charge in [-0.25, -0.2) is 13.3 Å². The molecular formula is C3H7F2O4P. The summed E-state index contributed by atoms with van der Waals surface area (Å²) in [6.45, 7) is -0.712. The standard InChI is InChI=1S/C3H4F2.H3O4P/c4-2-1-3-5;1-5(2,3)4/h1-2H,3H2;(H3,1,2,3,4). The average Bonchev–Trinajstić information content (AvgIpc) is 1.63. The van der Waals surface area contributed by atoms with E-state index in [9.17, 15) is 8.78 Å². The molecule has 0 rings (SSSR count). The summed E-state index contributed by atoms with van der Waals surface area (Å²) in [5.41, 5.74) is 0. The van der Waals surface area contributed by atoms with Crippen LogP contribution in [-0.4, -0.2) is 21.4 Å². The smallest absolute Gasteiger partial charge is 0.303 e. The predicted molar refractivity (Wildman–Crippen MR) is 30.5 cm³/mol. The molecule has 0 aromatic rings. The Morgan fingerprint density at radius 3 is 1.70 bits per heavy atom. The number of halogens is 2. The Morgan fingerprint density at radius 1 is 1.40 bits per heavy atom. The Labute approximate surface area is 56.0 Å². The SMILES string of the molecule is FC=CCF.O=P(O)(O)O. The first kappa shape index (κ1) is 12.4. The molecule has 62 valence electrons. The van der Waals surface area contributed by atoms with Gasteiger partial charge in [0.05, 0.1) is 6.33 Å². The maximum Gasteiger partial charge on any atom is 0.466 e. The minimum Gasteiger partial charge on any atom is -0.303 e. The first-order chi connectivity index (χ1) is 4.41. The van der Waals surface area contributed by atoms with E-state index in [0.29, 0.717) is 0 Å². The second kappa shape index (κ2) is 6.82. The molecule has 0 atom stereocenters. The van der Waals surface area contributed by atoms with Gasteiger partial charge in [-0.1, -0.05) is 0 Å². The third kappa shape index (κ3) is 119. The van der Waals surface area contributed by atoms with Gasteiger partial charge in [-0.15, -0.1) is 0 Å². The minimum atomic E-state index is -4.64. The molecule has 7 heteroatoms. The van der Waals surface area contributed by atoms with Crippen LogP contribution in [0.4, 0.5) is 8.78 Å². The van der Waals surface area contributed by atoms with Crippen molar-refractivity contribution in [1.29, 1.82) is 0 Å². The van der Waals surface area contributed by atoms with Crippen LogP contribution >= 0.6 is 7.82 Å². The third-order valence-corrected chi connectivity index (χ3v) is 0.178. The van der Waals surface area contributed by atoms with Crippen LogP contribution in [0.25, 0.3) is 0 Å². The minimum absolute atomic E-state index is 0.181. The first-order valence-corrected chi connectivity index (χ1v) is 3.57. The van der Waals surface area contributed by atoms with Crippen molar-refractivity contribution in [3.05, 3.63) is 12.4 Å². The summed E-state index contributed by atoms with van der Waals surface area (Å²) in [6, 6.07) is 0. The zero-order valence-electron chi connectivity index (χ0n) is 4.81. The second-order valence-electron chi connectivity index (χ2n) is 1.03. The fraction of sp³-hybridized carbons (Fsp3) is 0.333. The Kier molecular flexibility index (Phi) is 8.46. The van der Waals surface area contributed by atoms with E-state index in [1.165, 1.54) is 0 Å². The second-order valence-corrected chi connectivity index (χ2v) is 2.06. The van der Waals surface area contributed by atoms with E-state index in [0.717, 1.165) is 6.08 Å². The van der Waals surface area contributed by atoms with Crippen LogP contribution in [0.3, 0.4) is 0 Å². The molecule has 0 saturated heterocycles. The van der Waals surface area contributed by atoms with Crippen molar-refractivity contribution in [3.8, 4) is 0 Å². The molecule has 0 aromatic carbocycles. The number of rotatable bonds is 1. The number of phosphoric acid groups is 1. The molecule has 0 saturated carbocycles. The predicted octanol–water partition coefficient (Wildman–Crippen LogP) is 0.510. The summed E-state index contributed by atoms with van der Waals surface area (Å²) in [5.74, 6) is 0. The lowest BCUT2D eigenvalue weighted by Crippen LogP contribution is -1.66. The summed E-state index contributed by atoms with van der Waals surface area (Å²) in [5, 5.41) is 0. The van der Waals surface area contributed by atoms with Crippen LogP contribution in [0, 0.1) is 0 Å². The largest absolute Gasteiger partial charge is 0.466 e. The number of alkyl halides is 1. The van der Waals surface area contributed by atoms with E-state index in [2.05, 4.69) is 0 Å². The van der Waals surface area contributed by atoms with E-state index in [1.807, 2.05) is 0 Å². The maximum atomic E-state index is 10.7. The van der Waals surface area contributed by atoms with Crippen molar-refractivity contribution in [2.75, 3.05) is 6.67 Å². The van der Waals surface area contributed by atoms with Crippen molar-refractivity contribution in [2.24, 2.45) is 0 Å². The molecule has 0 bridgehead atoms. The lowest BCUT2D eigenvalue weighted by atomic mass is 10.7. The van der Waals surface area contributed by atoms with Crippen LogP contribution in [-0.2, 0) is 4.57 Å². The van der Waals surface area contributed by atoms with Crippen molar-refractivity contribution >= 4 is 7.82 Å². The Morgan fingerprint density at radius 2 is 1.70 bits per heavy atom. The lowest BCUT2D eigenvalue weighted by Gasteiger charge is -1.82. The van der Waals surface area contributed by atoms with E-state index >= 15 is 0 Å². The van der Waals surface area contributed by atoms with E-state index in [4.69, 9.17) is 19.2 Å². The molecule has 0 aliphatic carbocycles. The first-order valence-electron chi connectivity index (χ1n) is 2.01. The van der Waals surface area contributed by atoms with Gasteiger partial charge in [0, 0.05) is 0 Å². The van der Waals surface area contributed by atoms with Gasteiger partial charge in [0.1, 0.15) is 6.67 Å². The fourth-order valence-electron chi connectivity index (χ4n) is 0.0337. The van der Waals surface area contributed by atoms with Crippen LogP contribution < -0.4 is 0 Å². The number of hydrogen-bond acceptors (Lipinski definition) is 1. The molecule has 4 nitrogen and oxygen atoms in total. The van der Waals surface area contributed by atoms with Gasteiger partial charge in [0.15, 0.2) is 0 Å². The molecule has 0 radical (unpaired) electrons. The van der Waals surface area contributed by atoms with Gasteiger partial charge in [-0.3, -0.25) is 0 Å². The molecule has 0 heterocycles. The van der Waals surface area contributed by atoms with E-state index in [-0.39, 0.29) is 6.33 Å². The maximum absolute atomic E-state index is 10.7. The summed E-state index contributed by atoms with van der Waals surface area (Å²) < 4.78 is 30.1. The highest BCUT2D eigenvalue weighted by Gasteiger charge is 2.00. The molecule has 3 N–H and O–H groups in total. The number of hydrogen-bond donors (Lipinski definition) is 3. The molecule has 0 spiro atoms. The molecule has 0 aliphatic heterocycles. The monoisotopic (exact) mass is 176 g/mol. The summed E-state index contributed by atoms with van der Waals surface area (Å²) in [6.07, 6.45) is 0.972. The summed E-state index contributed by atoms with van der Waals surface area (Å²) >= 11 is 0. The molecule has 10 heavy (non-hydrogen) atoms. The fourth-order valence-corrected chi connectivity index (χ4v) is 0.0337. The van der Waals surface area contributed by atoms with Crippen LogP contribution in [0.1, 0.15) is 0 Å². The zero-order chi connectivity index (χ0) is 8.62. The summed E-state index contributed by atoms with van der Waals surface area (Å²) in [7, 11) is -4.64. The highest BCUT2D eigenvalue weighted by Crippen LogP contribution is 2.25. The Hall–Kier alpha value is -0.290. The normalized spacial score (nSPS) is 10.9. The van der Waals surface area contributed by atoms with Crippen molar-refractivity contribution in [3.63, 3.8) is 0 Å². The van der Waals surface area contributed by atoms with Gasteiger partial charge in [-0.05, 0) is 6.08 Å². The van der Waals surface area contributed by atoms with Crippen molar-refractivity contribution in [2.45, 2.75) is 0 Å². The quantitative estimate of drug-likeness (QED) is 0.508. The van der Waals surface area contributed by atoms with Gasteiger partial charge in [0.2, 0.25) is 0 Å². The third-order valence-electron chi connectivity index (χ3n) is 0.178. The van der Waals surface area contributed by atoms with Gasteiger partial charge < -0.3 is 14.7 Å². The van der Waals surface area contributed by atoms with Crippen LogP contribution in [0.15, 0.2) is 12.4 Å². The molecular weight excluding hydrogens is 169 g/mol. The zero-order valence-corrected chi connectivity index (χ0v) is 5.71. The average molecular weight is 176 g/mol. The van der Waals surface area contributed by atoms with E-state index in [1.54, 1.807) is 0 Å². The Balaban J connectivity index is 0. The van der Waals surface area contributed by atoms with E-state index < -0.39 is 14.5 Å². The topological polar surface area (TPSA) is 77.8 Å². The Bertz CT molecular complexity index is 122. The van der Waals surface area contributed by atoms with Gasteiger partial charge >= 0.3 is 7.82 Å². The lowest BCUT2D eigenvalue weighted by molar-refractivity contribution is 0.275. The molecule has 0 aliphatic rings. The van der Waals surface area contributed by atoms with Gasteiger partial charge in [0.25, 0.3) is 0 Å². The molecule has 0 amide bonds. The highest BCUT2D eigenvalue weighted by molar-refractivity contribution is 7.45. The van der Waals surface area contributed by atoms with Crippen LogP contribution in [0.2, 0.25) is 0 Å².